The van der Waals surface area contributed by atoms with Gasteiger partial charge >= 0.3 is 12.1 Å². The van der Waals surface area contributed by atoms with E-state index in [1.165, 1.54) is 69.3 Å². The van der Waals surface area contributed by atoms with Crippen LogP contribution in [0, 0.1) is 6.92 Å². The third-order valence-corrected chi connectivity index (χ3v) is 4.87. The van der Waals surface area contributed by atoms with Crippen LogP contribution in [-0.4, -0.2) is 47.8 Å². The third kappa shape index (κ3) is 10.7. The number of benzene rings is 1. The summed E-state index contributed by atoms with van der Waals surface area (Å²) in [6.07, 6.45) is 3.05. The summed E-state index contributed by atoms with van der Waals surface area (Å²) < 4.78 is 31.7. The summed E-state index contributed by atoms with van der Waals surface area (Å²) in [5, 5.41) is 10.9. The van der Waals surface area contributed by atoms with Crippen LogP contribution in [-0.2, 0) is 11.3 Å². The monoisotopic (exact) mass is 402 g/mol. The van der Waals surface area contributed by atoms with Gasteiger partial charge in [0.1, 0.15) is 0 Å². The van der Waals surface area contributed by atoms with E-state index in [0.29, 0.717) is 6.04 Å². The fourth-order valence-corrected chi connectivity index (χ4v) is 3.09. The van der Waals surface area contributed by atoms with Gasteiger partial charge < -0.3 is 15.3 Å². The number of hydrogen-bond acceptors (Lipinski definition) is 3. The van der Waals surface area contributed by atoms with Crippen molar-refractivity contribution in [3.05, 3.63) is 35.4 Å². The lowest BCUT2D eigenvalue weighted by atomic mass is 10.0. The zero-order valence-electron chi connectivity index (χ0n) is 16.9. The second-order valence-electron chi connectivity index (χ2n) is 7.35. The zero-order chi connectivity index (χ0) is 21.0. The lowest BCUT2D eigenvalue weighted by Crippen LogP contribution is -2.42. The van der Waals surface area contributed by atoms with E-state index in [0.717, 1.165) is 6.54 Å². The maximum atomic E-state index is 10.6. The van der Waals surface area contributed by atoms with E-state index >= 15 is 0 Å². The molecule has 0 bridgehead atoms. The molecule has 160 valence electrons. The Balaban J connectivity index is 0.000000480. The molecule has 28 heavy (non-hydrogen) atoms. The Kier molecular flexibility index (Phi) is 11.2. The Hall–Kier alpha value is -1.60. The first-order valence-electron chi connectivity index (χ1n) is 10.0. The molecule has 1 aromatic rings. The number of carbonyl (C=O) groups is 1. The van der Waals surface area contributed by atoms with Gasteiger partial charge in [-0.1, -0.05) is 56.0 Å². The molecule has 1 aromatic carbocycles. The van der Waals surface area contributed by atoms with Gasteiger partial charge in [0.05, 0.1) is 0 Å². The molecule has 1 saturated heterocycles. The molecule has 1 aliphatic rings. The summed E-state index contributed by atoms with van der Waals surface area (Å²) in [6.45, 7) is 9.31. The van der Waals surface area contributed by atoms with Crippen molar-refractivity contribution in [2.24, 2.45) is 0 Å². The minimum absolute atomic E-state index is 0.707. The van der Waals surface area contributed by atoms with Crippen molar-refractivity contribution in [2.75, 3.05) is 19.6 Å². The van der Waals surface area contributed by atoms with Gasteiger partial charge in [0.25, 0.3) is 0 Å². The van der Waals surface area contributed by atoms with Crippen LogP contribution < -0.4 is 5.32 Å². The summed E-state index contributed by atoms with van der Waals surface area (Å²) in [4.78, 5) is 11.5. The number of piperidine rings is 1. The number of likely N-dealkylation sites (tertiary alicyclic amines) is 1. The Morgan fingerprint density at radius 2 is 1.71 bits per heavy atom. The highest BCUT2D eigenvalue weighted by Gasteiger charge is 2.38. The number of carboxylic acid groups (broad SMARTS) is 1. The number of nitrogens with zero attached hydrogens (tertiary/aromatic N) is 1. The summed E-state index contributed by atoms with van der Waals surface area (Å²) in [7, 11) is 0. The molecule has 1 heterocycles. The molecule has 0 amide bonds. The summed E-state index contributed by atoms with van der Waals surface area (Å²) in [5.41, 5.74) is 2.75. The number of halogens is 3. The van der Waals surface area contributed by atoms with Crippen LogP contribution in [0.25, 0.3) is 0 Å². The first-order chi connectivity index (χ1) is 13.2. The number of rotatable bonds is 8. The largest absolute Gasteiger partial charge is 0.490 e. The number of nitrogens with one attached hydrogen (secondary N) is 1. The summed E-state index contributed by atoms with van der Waals surface area (Å²) in [6, 6.07) is 9.60. The molecule has 1 fully saturated rings. The van der Waals surface area contributed by atoms with Gasteiger partial charge in [0.15, 0.2) is 0 Å². The van der Waals surface area contributed by atoms with Crippen molar-refractivity contribution in [3.8, 4) is 0 Å². The van der Waals surface area contributed by atoms with Crippen LogP contribution in [0.4, 0.5) is 13.2 Å². The van der Waals surface area contributed by atoms with E-state index in [4.69, 9.17) is 9.90 Å². The average Bonchev–Trinajstić information content (AvgIpc) is 2.65. The first-order valence-corrected chi connectivity index (χ1v) is 10.0. The minimum atomic E-state index is -5.08. The Bertz CT molecular complexity index is 554. The molecule has 0 spiro atoms. The Labute approximate surface area is 166 Å². The molecule has 0 aliphatic carbocycles. The molecule has 0 unspecified atom stereocenters. The Morgan fingerprint density at radius 3 is 2.21 bits per heavy atom. The van der Waals surface area contributed by atoms with Crippen molar-refractivity contribution >= 4 is 5.97 Å². The van der Waals surface area contributed by atoms with E-state index < -0.39 is 12.1 Å². The molecule has 0 radical (unpaired) electrons. The van der Waals surface area contributed by atoms with E-state index in [-0.39, 0.29) is 0 Å². The minimum Gasteiger partial charge on any atom is -0.475 e. The molecule has 0 atom stereocenters. The normalized spacial score (nSPS) is 15.8. The van der Waals surface area contributed by atoms with Crippen LogP contribution in [0.1, 0.15) is 56.6 Å². The topological polar surface area (TPSA) is 52.6 Å². The van der Waals surface area contributed by atoms with E-state index in [9.17, 15) is 13.2 Å². The van der Waals surface area contributed by atoms with E-state index in [1.807, 2.05) is 0 Å². The maximum Gasteiger partial charge on any atom is 0.490 e. The highest BCUT2D eigenvalue weighted by molar-refractivity contribution is 5.73. The van der Waals surface area contributed by atoms with E-state index in [2.05, 4.69) is 48.3 Å². The molecule has 1 aliphatic heterocycles. The number of carboxylic acids is 1. The summed E-state index contributed by atoms with van der Waals surface area (Å²) >= 11 is 0. The van der Waals surface area contributed by atoms with Crippen molar-refractivity contribution in [1.82, 2.24) is 10.2 Å². The standard InChI is InChI=1S/C19H32N2.C2HF3O2/c1-3-4-5-6-13-21-14-11-19(12-15-21)20-16-18-9-7-17(2)8-10-18;3-2(4,5)1(6)7/h7-10,19-20H,3-6,11-16H2,1-2H3;(H,6,7). The quantitative estimate of drug-likeness (QED) is 0.616. The maximum absolute atomic E-state index is 10.6. The number of hydrogen-bond donors (Lipinski definition) is 2. The van der Waals surface area contributed by atoms with Crippen LogP contribution in [0.2, 0.25) is 0 Å². The second-order valence-corrected chi connectivity index (χ2v) is 7.35. The van der Waals surface area contributed by atoms with Crippen LogP contribution >= 0.6 is 0 Å². The first kappa shape index (κ1) is 24.4. The lowest BCUT2D eigenvalue weighted by molar-refractivity contribution is -0.192. The number of aryl methyl sites for hydroxylation is 1. The Morgan fingerprint density at radius 1 is 1.14 bits per heavy atom. The fraction of sp³-hybridized carbons (Fsp3) is 0.667. The highest BCUT2D eigenvalue weighted by atomic mass is 19.4. The number of aliphatic carboxylic acids is 1. The molecule has 4 nitrogen and oxygen atoms in total. The van der Waals surface area contributed by atoms with Gasteiger partial charge in [-0.15, -0.1) is 0 Å². The molecule has 0 aromatic heterocycles. The fourth-order valence-electron chi connectivity index (χ4n) is 3.09. The molecular weight excluding hydrogens is 369 g/mol. The predicted molar refractivity (Wildman–Crippen MR) is 105 cm³/mol. The zero-order valence-corrected chi connectivity index (χ0v) is 16.9. The van der Waals surface area contributed by atoms with Crippen molar-refractivity contribution in [3.63, 3.8) is 0 Å². The van der Waals surface area contributed by atoms with Crippen molar-refractivity contribution in [2.45, 2.75) is 71.1 Å². The van der Waals surface area contributed by atoms with E-state index in [1.54, 1.807) is 0 Å². The van der Waals surface area contributed by atoms with Gasteiger partial charge in [-0.25, -0.2) is 4.79 Å². The molecule has 2 N–H and O–H groups in total. The highest BCUT2D eigenvalue weighted by Crippen LogP contribution is 2.14. The summed E-state index contributed by atoms with van der Waals surface area (Å²) in [5.74, 6) is -2.76. The van der Waals surface area contributed by atoms with Gasteiger partial charge in [-0.2, -0.15) is 13.2 Å². The van der Waals surface area contributed by atoms with Crippen LogP contribution in [0.3, 0.4) is 0 Å². The lowest BCUT2D eigenvalue weighted by Gasteiger charge is -2.32. The predicted octanol–water partition coefficient (Wildman–Crippen LogP) is 4.76. The number of unbranched alkanes of at least 4 members (excludes halogenated alkanes) is 3. The van der Waals surface area contributed by atoms with Crippen molar-refractivity contribution < 1.29 is 23.1 Å². The van der Waals surface area contributed by atoms with Gasteiger partial charge in [0.2, 0.25) is 0 Å². The number of alkyl halides is 3. The average molecular weight is 403 g/mol. The molecule has 2 rings (SSSR count). The smallest absolute Gasteiger partial charge is 0.475 e. The van der Waals surface area contributed by atoms with Gasteiger partial charge in [0, 0.05) is 12.6 Å². The van der Waals surface area contributed by atoms with Crippen molar-refractivity contribution in [1.29, 1.82) is 0 Å². The molecule has 0 saturated carbocycles. The van der Waals surface area contributed by atoms with Gasteiger partial charge in [-0.3, -0.25) is 0 Å². The SMILES string of the molecule is CCCCCCN1CCC(NCc2ccc(C)cc2)CC1.O=C(O)C(F)(F)F. The van der Waals surface area contributed by atoms with Crippen LogP contribution in [0.5, 0.6) is 0 Å². The van der Waals surface area contributed by atoms with Gasteiger partial charge in [-0.05, 0) is 51.4 Å². The molecule has 7 heteroatoms. The molecular formula is C21H33F3N2O2. The third-order valence-electron chi connectivity index (χ3n) is 4.87. The van der Waals surface area contributed by atoms with Crippen LogP contribution in [0.15, 0.2) is 24.3 Å². The second kappa shape index (κ2) is 12.8.